The molecular weight excluding hydrogens is 483 g/mol. The molecule has 0 saturated carbocycles. The van der Waals surface area contributed by atoms with Crippen molar-refractivity contribution in [2.75, 3.05) is 12.3 Å². The van der Waals surface area contributed by atoms with E-state index in [1.807, 2.05) is 0 Å². The predicted octanol–water partition coefficient (Wildman–Crippen LogP) is 0.578. The molecule has 5 N–H and O–H groups in total. The molecule has 1 fully saturated rings. The molecule has 14 heteroatoms. The molecule has 0 amide bonds. The standard InChI is InChI=1S/C21H29N4O9P/c1-12(2)32-20(28)13(3)24-35(30,34-14-7-5-4-6-8-14)31-11-15-17(26)18(27)19(33-15)25-10-9-16(22)23-21(25)29/h4-10,12-13,15,17-19,26-27H,11H2,1-3H3,(H,24,30)(H2,22,23,29)/t13-,15+,17+,18+,19+,35?/m0/s1. The van der Waals surface area contributed by atoms with Crippen LogP contribution in [-0.4, -0.2) is 62.8 Å². The van der Waals surface area contributed by atoms with Crippen LogP contribution in [0.3, 0.4) is 0 Å². The summed E-state index contributed by atoms with van der Waals surface area (Å²) in [5.41, 5.74) is 4.69. The minimum atomic E-state index is -4.22. The average Bonchev–Trinajstić information content (AvgIpc) is 3.06. The number of ether oxygens (including phenoxy) is 2. The van der Waals surface area contributed by atoms with Gasteiger partial charge < -0.3 is 29.9 Å². The first-order chi connectivity index (χ1) is 16.5. The third-order valence-corrected chi connectivity index (χ3v) is 6.54. The van der Waals surface area contributed by atoms with E-state index in [1.165, 1.54) is 31.3 Å². The third-order valence-electron chi connectivity index (χ3n) is 4.90. The number of aromatic nitrogens is 2. The zero-order valence-corrected chi connectivity index (χ0v) is 20.3. The van der Waals surface area contributed by atoms with Crippen molar-refractivity contribution in [1.82, 2.24) is 14.6 Å². The molecule has 0 aliphatic carbocycles. The molecule has 1 aromatic carbocycles. The average molecular weight is 512 g/mol. The van der Waals surface area contributed by atoms with Gasteiger partial charge in [0.25, 0.3) is 0 Å². The van der Waals surface area contributed by atoms with Crippen LogP contribution < -0.4 is 21.0 Å². The highest BCUT2D eigenvalue weighted by molar-refractivity contribution is 7.52. The molecule has 0 radical (unpaired) electrons. The summed E-state index contributed by atoms with van der Waals surface area (Å²) in [5.74, 6) is -0.504. The van der Waals surface area contributed by atoms with Crippen molar-refractivity contribution < 1.29 is 38.1 Å². The predicted molar refractivity (Wildman–Crippen MR) is 123 cm³/mol. The summed E-state index contributed by atoms with van der Waals surface area (Å²) < 4.78 is 36.2. The van der Waals surface area contributed by atoms with Gasteiger partial charge in [0.1, 0.15) is 35.9 Å². The van der Waals surface area contributed by atoms with E-state index in [9.17, 15) is 24.4 Å². The number of aliphatic hydroxyl groups is 2. The van der Waals surface area contributed by atoms with Crippen LogP contribution in [0.1, 0.15) is 27.0 Å². The van der Waals surface area contributed by atoms with Crippen molar-refractivity contribution in [2.45, 2.75) is 57.5 Å². The maximum Gasteiger partial charge on any atom is 0.459 e. The van der Waals surface area contributed by atoms with Crippen molar-refractivity contribution in [3.63, 3.8) is 0 Å². The lowest BCUT2D eigenvalue weighted by Crippen LogP contribution is -2.38. The molecule has 1 aromatic heterocycles. The van der Waals surface area contributed by atoms with Crippen LogP contribution in [0.4, 0.5) is 5.82 Å². The van der Waals surface area contributed by atoms with Crippen LogP contribution in [0.5, 0.6) is 5.75 Å². The Kier molecular flexibility index (Phi) is 8.65. The Bertz CT molecular complexity index is 1110. The summed E-state index contributed by atoms with van der Waals surface area (Å²) in [6.45, 7) is 4.25. The van der Waals surface area contributed by atoms with Gasteiger partial charge in [-0.25, -0.2) is 9.36 Å². The first-order valence-corrected chi connectivity index (χ1v) is 12.4. The molecule has 13 nitrogen and oxygen atoms in total. The number of rotatable bonds is 10. The number of esters is 1. The number of anilines is 1. The minimum absolute atomic E-state index is 0.0191. The van der Waals surface area contributed by atoms with E-state index in [2.05, 4.69) is 10.1 Å². The van der Waals surface area contributed by atoms with E-state index in [4.69, 9.17) is 24.3 Å². The Hall–Kier alpha value is -2.80. The number of para-hydroxylation sites is 1. The number of carbonyl (C=O) groups excluding carboxylic acids is 1. The summed E-state index contributed by atoms with van der Waals surface area (Å²) in [6, 6.07) is 8.37. The number of nitrogens with two attached hydrogens (primary N) is 1. The summed E-state index contributed by atoms with van der Waals surface area (Å²) in [7, 11) is -4.22. The second-order valence-electron chi connectivity index (χ2n) is 8.12. The SMILES string of the molecule is CC(C)OC(=O)[C@H](C)NP(=O)(OC[C@H]1O[C@@H](n2ccc(N)nc2=O)[C@H](O)[C@@H]1O)Oc1ccccc1. The summed E-state index contributed by atoms with van der Waals surface area (Å²) in [4.78, 5) is 27.9. The molecule has 192 valence electrons. The van der Waals surface area contributed by atoms with E-state index in [0.29, 0.717) is 0 Å². The smallest absolute Gasteiger partial charge is 0.459 e. The molecule has 0 spiro atoms. The van der Waals surface area contributed by atoms with Gasteiger partial charge in [0, 0.05) is 6.20 Å². The summed E-state index contributed by atoms with van der Waals surface area (Å²) in [5, 5.41) is 23.4. The topological polar surface area (TPSA) is 184 Å². The van der Waals surface area contributed by atoms with Gasteiger partial charge in [0.05, 0.1) is 12.7 Å². The zero-order valence-electron chi connectivity index (χ0n) is 19.4. The molecule has 6 atom stereocenters. The maximum absolute atomic E-state index is 13.5. The lowest BCUT2D eigenvalue weighted by Gasteiger charge is -2.25. The third kappa shape index (κ3) is 6.88. The van der Waals surface area contributed by atoms with Gasteiger partial charge in [-0.05, 0) is 39.0 Å². The van der Waals surface area contributed by atoms with Crippen LogP contribution >= 0.6 is 7.75 Å². The molecule has 1 saturated heterocycles. The number of hydrogen-bond acceptors (Lipinski definition) is 11. The van der Waals surface area contributed by atoms with Crippen molar-refractivity contribution in [3.05, 3.63) is 53.1 Å². The highest BCUT2D eigenvalue weighted by Crippen LogP contribution is 2.46. The first kappa shape index (κ1) is 26.8. The van der Waals surface area contributed by atoms with Crippen molar-refractivity contribution in [2.24, 2.45) is 0 Å². The van der Waals surface area contributed by atoms with Gasteiger partial charge in [0.2, 0.25) is 0 Å². The molecule has 1 unspecified atom stereocenters. The Morgan fingerprint density at radius 3 is 2.54 bits per heavy atom. The molecule has 3 rings (SSSR count). The fourth-order valence-electron chi connectivity index (χ4n) is 3.22. The van der Waals surface area contributed by atoms with Crippen LogP contribution in [0.2, 0.25) is 0 Å². The van der Waals surface area contributed by atoms with E-state index in [-0.39, 0.29) is 11.6 Å². The Morgan fingerprint density at radius 2 is 1.91 bits per heavy atom. The molecular formula is C21H29N4O9P. The number of carbonyl (C=O) groups is 1. The largest absolute Gasteiger partial charge is 0.462 e. The molecule has 1 aliphatic rings. The highest BCUT2D eigenvalue weighted by atomic mass is 31.2. The van der Waals surface area contributed by atoms with Gasteiger partial charge >= 0.3 is 19.4 Å². The van der Waals surface area contributed by atoms with Crippen molar-refractivity contribution in [3.8, 4) is 5.75 Å². The van der Waals surface area contributed by atoms with Crippen LogP contribution in [0.15, 0.2) is 47.4 Å². The monoisotopic (exact) mass is 512 g/mol. The minimum Gasteiger partial charge on any atom is -0.462 e. The number of hydrogen-bond donors (Lipinski definition) is 4. The van der Waals surface area contributed by atoms with E-state index < -0.39 is 62.7 Å². The Morgan fingerprint density at radius 1 is 1.23 bits per heavy atom. The molecule has 2 heterocycles. The molecule has 2 aromatic rings. The fraction of sp³-hybridized carbons (Fsp3) is 0.476. The number of aliphatic hydroxyl groups excluding tert-OH is 2. The zero-order chi connectivity index (χ0) is 25.8. The highest BCUT2D eigenvalue weighted by Gasteiger charge is 2.45. The van der Waals surface area contributed by atoms with Crippen molar-refractivity contribution >= 4 is 19.5 Å². The second kappa shape index (κ2) is 11.3. The lowest BCUT2D eigenvalue weighted by molar-refractivity contribution is -0.149. The first-order valence-electron chi connectivity index (χ1n) is 10.8. The van der Waals surface area contributed by atoms with Gasteiger partial charge in [-0.15, -0.1) is 0 Å². The lowest BCUT2D eigenvalue weighted by atomic mass is 10.1. The second-order valence-corrected chi connectivity index (χ2v) is 9.82. The Labute approximate surface area is 201 Å². The molecule has 0 bridgehead atoms. The van der Waals surface area contributed by atoms with Crippen LogP contribution in [0, 0.1) is 0 Å². The fourth-order valence-corrected chi connectivity index (χ4v) is 4.72. The van der Waals surface area contributed by atoms with Crippen LogP contribution in [-0.2, 0) is 23.4 Å². The van der Waals surface area contributed by atoms with Gasteiger partial charge in [-0.2, -0.15) is 10.1 Å². The van der Waals surface area contributed by atoms with E-state index >= 15 is 0 Å². The summed E-state index contributed by atoms with van der Waals surface area (Å²) in [6.07, 6.45) is -4.64. The van der Waals surface area contributed by atoms with E-state index in [0.717, 1.165) is 4.57 Å². The quantitative estimate of drug-likeness (QED) is 0.257. The molecule has 35 heavy (non-hydrogen) atoms. The number of benzene rings is 1. The van der Waals surface area contributed by atoms with Gasteiger partial charge in [0.15, 0.2) is 6.23 Å². The Balaban J connectivity index is 1.75. The van der Waals surface area contributed by atoms with Gasteiger partial charge in [-0.3, -0.25) is 13.9 Å². The number of nitrogens with one attached hydrogen (secondary N) is 1. The van der Waals surface area contributed by atoms with Gasteiger partial charge in [-0.1, -0.05) is 18.2 Å². The van der Waals surface area contributed by atoms with Crippen molar-refractivity contribution in [1.29, 1.82) is 0 Å². The number of nitrogens with zero attached hydrogens (tertiary/aromatic N) is 2. The maximum atomic E-state index is 13.5. The molecule has 1 aliphatic heterocycles. The number of nitrogen functional groups attached to an aromatic ring is 1. The van der Waals surface area contributed by atoms with E-state index in [1.54, 1.807) is 32.0 Å². The van der Waals surface area contributed by atoms with Crippen LogP contribution in [0.25, 0.3) is 0 Å². The normalized spacial score (nSPS) is 24.6. The summed E-state index contributed by atoms with van der Waals surface area (Å²) >= 11 is 0.